The van der Waals surface area contributed by atoms with Crippen molar-refractivity contribution in [3.05, 3.63) is 48.5 Å². The number of ether oxygens (including phenoxy) is 4. The lowest BCUT2D eigenvalue weighted by atomic mass is 10.2. The zero-order valence-corrected chi connectivity index (χ0v) is 16.5. The van der Waals surface area contributed by atoms with Crippen LogP contribution >= 0.6 is 7.92 Å². The standard InChI is InChI=1S/C20H27O4P/c1-20(2,3)25(18-12-8-6-10-16(18)23-14-21-4)19-13-9-7-11-17(19)24-15-22-5/h6-13H,14-15H2,1-5H3. The summed E-state index contributed by atoms with van der Waals surface area (Å²) in [6.45, 7) is 7.20. The number of methoxy groups -OCH3 is 2. The van der Waals surface area contributed by atoms with E-state index in [4.69, 9.17) is 18.9 Å². The quantitative estimate of drug-likeness (QED) is 0.527. The van der Waals surface area contributed by atoms with Crippen molar-refractivity contribution in [1.29, 1.82) is 0 Å². The fourth-order valence-corrected chi connectivity index (χ4v) is 5.52. The van der Waals surface area contributed by atoms with Gasteiger partial charge in [-0.1, -0.05) is 57.2 Å². The number of hydrogen-bond donors (Lipinski definition) is 0. The molecule has 0 aliphatic rings. The lowest BCUT2D eigenvalue weighted by molar-refractivity contribution is 0.0518. The third-order valence-electron chi connectivity index (χ3n) is 3.55. The van der Waals surface area contributed by atoms with E-state index >= 15 is 0 Å². The van der Waals surface area contributed by atoms with E-state index in [9.17, 15) is 0 Å². The number of benzene rings is 2. The van der Waals surface area contributed by atoms with Gasteiger partial charge in [0.25, 0.3) is 0 Å². The minimum atomic E-state index is -0.728. The Balaban J connectivity index is 2.53. The Labute approximate surface area is 151 Å². The van der Waals surface area contributed by atoms with E-state index in [0.717, 1.165) is 11.5 Å². The van der Waals surface area contributed by atoms with Gasteiger partial charge in [-0.2, -0.15) is 0 Å². The molecule has 0 saturated carbocycles. The minimum absolute atomic E-state index is 0.0222. The van der Waals surface area contributed by atoms with Crippen LogP contribution in [0.4, 0.5) is 0 Å². The molecule has 0 aliphatic heterocycles. The van der Waals surface area contributed by atoms with E-state index < -0.39 is 7.92 Å². The van der Waals surface area contributed by atoms with E-state index in [1.165, 1.54) is 10.6 Å². The molecule has 25 heavy (non-hydrogen) atoms. The maximum atomic E-state index is 5.83. The summed E-state index contributed by atoms with van der Waals surface area (Å²) in [7, 11) is 2.53. The van der Waals surface area contributed by atoms with Gasteiger partial charge >= 0.3 is 0 Å². The molecule has 0 heterocycles. The van der Waals surface area contributed by atoms with Crippen molar-refractivity contribution in [2.75, 3.05) is 27.8 Å². The molecule has 0 aromatic heterocycles. The molecule has 136 valence electrons. The summed E-state index contributed by atoms with van der Waals surface area (Å²) in [6, 6.07) is 16.3. The van der Waals surface area contributed by atoms with Gasteiger partial charge in [-0.15, -0.1) is 0 Å². The van der Waals surface area contributed by atoms with Crippen LogP contribution in [0.2, 0.25) is 0 Å². The molecule has 2 aromatic rings. The molecular formula is C20H27O4P. The summed E-state index contributed by atoms with van der Waals surface area (Å²) >= 11 is 0. The molecule has 0 bridgehead atoms. The normalized spacial score (nSPS) is 11.6. The molecule has 0 amide bonds. The van der Waals surface area contributed by atoms with Gasteiger partial charge in [0.1, 0.15) is 11.5 Å². The lowest BCUT2D eigenvalue weighted by Gasteiger charge is -2.34. The first-order valence-electron chi connectivity index (χ1n) is 8.20. The molecule has 0 N–H and O–H groups in total. The Bertz CT molecular complexity index is 615. The topological polar surface area (TPSA) is 36.9 Å². The Hall–Kier alpha value is -1.61. The van der Waals surface area contributed by atoms with Crippen molar-refractivity contribution in [2.24, 2.45) is 0 Å². The fraction of sp³-hybridized carbons (Fsp3) is 0.400. The average Bonchev–Trinajstić information content (AvgIpc) is 2.59. The van der Waals surface area contributed by atoms with Crippen LogP contribution in [-0.4, -0.2) is 33.0 Å². The first kappa shape index (κ1) is 19.7. The molecule has 0 spiro atoms. The molecule has 0 radical (unpaired) electrons. The Kier molecular flexibility index (Phi) is 7.24. The highest BCUT2D eigenvalue weighted by Gasteiger charge is 2.32. The van der Waals surface area contributed by atoms with Gasteiger partial charge in [-0.25, -0.2) is 0 Å². The predicted molar refractivity (Wildman–Crippen MR) is 104 cm³/mol. The van der Waals surface area contributed by atoms with Crippen molar-refractivity contribution in [2.45, 2.75) is 25.9 Å². The van der Waals surface area contributed by atoms with Crippen LogP contribution in [0.1, 0.15) is 20.8 Å². The van der Waals surface area contributed by atoms with Gasteiger partial charge in [0.15, 0.2) is 13.6 Å². The third-order valence-corrected chi connectivity index (χ3v) is 6.59. The molecule has 4 nitrogen and oxygen atoms in total. The minimum Gasteiger partial charge on any atom is -0.467 e. The molecule has 2 rings (SSSR count). The molecule has 0 aliphatic carbocycles. The largest absolute Gasteiger partial charge is 0.467 e. The summed E-state index contributed by atoms with van der Waals surface area (Å²) in [6.07, 6.45) is 0. The highest BCUT2D eigenvalue weighted by atomic mass is 31.1. The lowest BCUT2D eigenvalue weighted by Crippen LogP contribution is -2.28. The maximum Gasteiger partial charge on any atom is 0.188 e. The Morgan fingerprint density at radius 1 is 0.720 bits per heavy atom. The van der Waals surface area contributed by atoms with Crippen LogP contribution in [0.15, 0.2) is 48.5 Å². The molecule has 0 unspecified atom stereocenters. The first-order valence-corrected chi connectivity index (χ1v) is 9.55. The smallest absolute Gasteiger partial charge is 0.188 e. The second kappa shape index (κ2) is 9.19. The van der Waals surface area contributed by atoms with Crippen molar-refractivity contribution in [1.82, 2.24) is 0 Å². The van der Waals surface area contributed by atoms with Gasteiger partial charge in [0, 0.05) is 24.8 Å². The summed E-state index contributed by atoms with van der Waals surface area (Å²) in [5.41, 5.74) is 0. The third kappa shape index (κ3) is 5.18. The highest BCUT2D eigenvalue weighted by Crippen LogP contribution is 2.51. The second-order valence-electron chi connectivity index (χ2n) is 6.54. The molecule has 5 heteroatoms. The molecule has 2 aromatic carbocycles. The van der Waals surface area contributed by atoms with Crippen LogP contribution < -0.4 is 20.1 Å². The van der Waals surface area contributed by atoms with E-state index in [1.807, 2.05) is 24.3 Å². The number of para-hydroxylation sites is 2. The average molecular weight is 362 g/mol. The fourth-order valence-electron chi connectivity index (χ4n) is 2.63. The zero-order valence-electron chi connectivity index (χ0n) is 15.6. The summed E-state index contributed by atoms with van der Waals surface area (Å²) in [5, 5.41) is 2.38. The van der Waals surface area contributed by atoms with Crippen LogP contribution in [0, 0.1) is 0 Å². The Morgan fingerprint density at radius 3 is 1.48 bits per heavy atom. The zero-order chi connectivity index (χ0) is 18.3. The van der Waals surface area contributed by atoms with Crippen molar-refractivity contribution in [3.63, 3.8) is 0 Å². The van der Waals surface area contributed by atoms with Gasteiger partial charge in [0.05, 0.1) is 0 Å². The van der Waals surface area contributed by atoms with Gasteiger partial charge in [0.2, 0.25) is 0 Å². The van der Waals surface area contributed by atoms with Crippen LogP contribution in [0.5, 0.6) is 11.5 Å². The van der Waals surface area contributed by atoms with Crippen molar-refractivity contribution >= 4 is 18.5 Å². The van der Waals surface area contributed by atoms with Crippen LogP contribution in [0.25, 0.3) is 0 Å². The van der Waals surface area contributed by atoms with E-state index in [2.05, 4.69) is 45.0 Å². The molecular weight excluding hydrogens is 335 g/mol. The molecule has 0 saturated heterocycles. The summed E-state index contributed by atoms with van der Waals surface area (Å²) in [5.74, 6) is 1.71. The van der Waals surface area contributed by atoms with E-state index in [-0.39, 0.29) is 18.7 Å². The Morgan fingerprint density at radius 2 is 1.12 bits per heavy atom. The number of hydrogen-bond acceptors (Lipinski definition) is 4. The summed E-state index contributed by atoms with van der Waals surface area (Å²) < 4.78 is 21.9. The van der Waals surface area contributed by atoms with Gasteiger partial charge in [-0.05, 0) is 25.2 Å². The number of rotatable bonds is 8. The van der Waals surface area contributed by atoms with E-state index in [0.29, 0.717) is 0 Å². The van der Waals surface area contributed by atoms with Crippen LogP contribution in [0.3, 0.4) is 0 Å². The van der Waals surface area contributed by atoms with Crippen LogP contribution in [-0.2, 0) is 9.47 Å². The van der Waals surface area contributed by atoms with Crippen molar-refractivity contribution in [3.8, 4) is 11.5 Å². The monoisotopic (exact) mass is 362 g/mol. The first-order chi connectivity index (χ1) is 12.0. The molecule has 0 atom stereocenters. The highest BCUT2D eigenvalue weighted by molar-refractivity contribution is 7.74. The van der Waals surface area contributed by atoms with Gasteiger partial charge < -0.3 is 18.9 Å². The van der Waals surface area contributed by atoms with E-state index in [1.54, 1.807) is 14.2 Å². The summed E-state index contributed by atoms with van der Waals surface area (Å²) in [4.78, 5) is 0. The van der Waals surface area contributed by atoms with Gasteiger partial charge in [-0.3, -0.25) is 0 Å². The maximum absolute atomic E-state index is 5.83. The SMILES string of the molecule is COCOc1ccccc1P(c1ccccc1OCOC)C(C)(C)C. The predicted octanol–water partition coefficient (Wildman–Crippen LogP) is 3.88. The second-order valence-corrected chi connectivity index (χ2v) is 9.52. The van der Waals surface area contributed by atoms with Crippen molar-refractivity contribution < 1.29 is 18.9 Å². The molecule has 0 fully saturated rings.